The van der Waals surface area contributed by atoms with Gasteiger partial charge in [-0.3, -0.25) is 4.98 Å². The molecule has 0 saturated carbocycles. The van der Waals surface area contributed by atoms with Gasteiger partial charge in [-0.25, -0.2) is 0 Å². The number of aromatic nitrogens is 1. The summed E-state index contributed by atoms with van der Waals surface area (Å²) in [7, 11) is 0. The zero-order valence-corrected chi connectivity index (χ0v) is 9.86. The summed E-state index contributed by atoms with van der Waals surface area (Å²) in [6.07, 6.45) is 1.66. The minimum atomic E-state index is 0.474. The summed E-state index contributed by atoms with van der Waals surface area (Å²) in [5.41, 5.74) is 2.21. The van der Waals surface area contributed by atoms with E-state index in [1.54, 1.807) is 11.7 Å². The maximum Gasteiger partial charge on any atom is 0.102 e. The first-order valence-corrected chi connectivity index (χ1v) is 6.19. The van der Waals surface area contributed by atoms with E-state index in [2.05, 4.69) is 11.1 Å². The molecule has 0 spiro atoms. The number of hydrogen-bond acceptors (Lipinski definition) is 4. The summed E-state index contributed by atoms with van der Waals surface area (Å²) in [6.45, 7) is 0. The molecular formula is C10H5ClN2S2. The predicted octanol–water partition coefficient (Wildman–Crippen LogP) is 3.84. The summed E-state index contributed by atoms with van der Waals surface area (Å²) in [5.74, 6) is 0. The van der Waals surface area contributed by atoms with Crippen molar-refractivity contribution < 1.29 is 0 Å². The highest BCUT2D eigenvalue weighted by atomic mass is 35.5. The van der Waals surface area contributed by atoms with Crippen LogP contribution in [0.5, 0.6) is 0 Å². The van der Waals surface area contributed by atoms with E-state index in [9.17, 15) is 0 Å². The molecule has 2 rings (SSSR count). The molecule has 0 aromatic carbocycles. The zero-order chi connectivity index (χ0) is 10.7. The van der Waals surface area contributed by atoms with Gasteiger partial charge >= 0.3 is 0 Å². The van der Waals surface area contributed by atoms with E-state index in [0.29, 0.717) is 10.6 Å². The monoisotopic (exact) mass is 252 g/mol. The number of thiazole rings is 1. The molecule has 74 valence electrons. The summed E-state index contributed by atoms with van der Waals surface area (Å²) in [6, 6.07) is 5.91. The van der Waals surface area contributed by atoms with Crippen LogP contribution >= 0.6 is 34.3 Å². The van der Waals surface area contributed by atoms with E-state index in [1.807, 2.05) is 17.5 Å². The Balaban J connectivity index is 2.51. The fourth-order valence-electron chi connectivity index (χ4n) is 1.08. The predicted molar refractivity (Wildman–Crippen MR) is 64.7 cm³/mol. The number of hydrogen-bond donors (Lipinski definition) is 0. The fraction of sp³-hybridized carbons (Fsp3) is 0. The second-order valence-corrected chi connectivity index (χ2v) is 4.86. The van der Waals surface area contributed by atoms with E-state index in [0.717, 1.165) is 9.75 Å². The number of thiophene rings is 1. The molecule has 0 saturated heterocycles. The lowest BCUT2D eigenvalue weighted by molar-refractivity contribution is 1.42. The molecule has 0 N–H and O–H groups in total. The third-order valence-electron chi connectivity index (χ3n) is 1.75. The Bertz CT molecular complexity index is 506. The summed E-state index contributed by atoms with van der Waals surface area (Å²) >= 11 is 9.06. The van der Waals surface area contributed by atoms with Gasteiger partial charge in [-0.2, -0.15) is 5.26 Å². The molecule has 0 bridgehead atoms. The van der Waals surface area contributed by atoms with Crippen molar-refractivity contribution in [2.75, 3.05) is 0 Å². The Morgan fingerprint density at radius 3 is 2.80 bits per heavy atom. The van der Waals surface area contributed by atoms with Crippen LogP contribution < -0.4 is 0 Å². The number of allylic oxidation sites excluding steroid dienone is 1. The van der Waals surface area contributed by atoms with Gasteiger partial charge in [-0.15, -0.1) is 22.7 Å². The molecule has 0 atom stereocenters. The Hall–Kier alpha value is -1.15. The van der Waals surface area contributed by atoms with Crippen molar-refractivity contribution >= 4 is 44.9 Å². The molecule has 2 nitrogen and oxygen atoms in total. The topological polar surface area (TPSA) is 36.7 Å². The molecular weight excluding hydrogens is 248 g/mol. The van der Waals surface area contributed by atoms with Crippen molar-refractivity contribution in [3.63, 3.8) is 0 Å². The van der Waals surface area contributed by atoms with Crippen LogP contribution in [0.4, 0.5) is 0 Å². The van der Waals surface area contributed by atoms with Crippen molar-refractivity contribution in [3.05, 3.63) is 39.0 Å². The molecule has 2 aromatic rings. The highest BCUT2D eigenvalue weighted by molar-refractivity contribution is 7.13. The van der Waals surface area contributed by atoms with Gasteiger partial charge in [0.1, 0.15) is 6.07 Å². The quantitative estimate of drug-likeness (QED) is 0.762. The zero-order valence-electron chi connectivity index (χ0n) is 7.48. The number of nitrogens with zero attached hydrogens (tertiary/aromatic N) is 2. The lowest BCUT2D eigenvalue weighted by Gasteiger charge is -1.97. The molecule has 15 heavy (non-hydrogen) atoms. The first-order valence-electron chi connectivity index (χ1n) is 4.05. The molecule has 2 aromatic heterocycles. The lowest BCUT2D eigenvalue weighted by atomic mass is 10.2. The fourth-order valence-corrected chi connectivity index (χ4v) is 2.75. The van der Waals surface area contributed by atoms with Gasteiger partial charge in [0.15, 0.2) is 0 Å². The van der Waals surface area contributed by atoms with E-state index in [1.165, 1.54) is 22.7 Å². The molecule has 2 heterocycles. The van der Waals surface area contributed by atoms with E-state index < -0.39 is 0 Å². The van der Waals surface area contributed by atoms with Crippen LogP contribution in [0.1, 0.15) is 9.75 Å². The average Bonchev–Trinajstić information content (AvgIpc) is 2.91. The number of rotatable bonds is 2. The molecule has 0 amide bonds. The smallest absolute Gasteiger partial charge is 0.102 e. The molecule has 0 radical (unpaired) electrons. The van der Waals surface area contributed by atoms with Gasteiger partial charge in [0, 0.05) is 11.1 Å². The largest absolute Gasteiger partial charge is 0.252 e. The molecule has 5 heteroatoms. The summed E-state index contributed by atoms with van der Waals surface area (Å²) in [4.78, 5) is 5.64. The van der Waals surface area contributed by atoms with Gasteiger partial charge in [-0.05, 0) is 11.4 Å². The first-order chi connectivity index (χ1) is 7.33. The normalized spacial score (nSPS) is 12.0. The highest BCUT2D eigenvalue weighted by Gasteiger charge is 2.11. The van der Waals surface area contributed by atoms with E-state index in [-0.39, 0.29) is 0 Å². The summed E-state index contributed by atoms with van der Waals surface area (Å²) in [5, 5.41) is 11.5. The SMILES string of the molecule is N#C/C(=C(/Cl)c1cncs1)c1cccs1. The van der Waals surface area contributed by atoms with E-state index >= 15 is 0 Å². The Labute approximate surface area is 100 Å². The second-order valence-electron chi connectivity index (χ2n) is 2.64. The van der Waals surface area contributed by atoms with Crippen LogP contribution in [0.3, 0.4) is 0 Å². The van der Waals surface area contributed by atoms with Crippen LogP contribution in [0.25, 0.3) is 10.6 Å². The second kappa shape index (κ2) is 4.58. The summed E-state index contributed by atoms with van der Waals surface area (Å²) < 4.78 is 0. The first kappa shape index (κ1) is 10.4. The van der Waals surface area contributed by atoms with Crippen molar-refractivity contribution in [1.29, 1.82) is 5.26 Å². The third kappa shape index (κ3) is 2.10. The average molecular weight is 253 g/mol. The lowest BCUT2D eigenvalue weighted by Crippen LogP contribution is -1.79. The van der Waals surface area contributed by atoms with Crippen LogP contribution in [-0.2, 0) is 0 Å². The van der Waals surface area contributed by atoms with Crippen molar-refractivity contribution in [2.24, 2.45) is 0 Å². The van der Waals surface area contributed by atoms with Crippen LogP contribution in [-0.4, -0.2) is 4.98 Å². The maximum atomic E-state index is 9.07. The van der Waals surface area contributed by atoms with Crippen molar-refractivity contribution in [1.82, 2.24) is 4.98 Å². The van der Waals surface area contributed by atoms with Crippen molar-refractivity contribution in [2.45, 2.75) is 0 Å². The Morgan fingerprint density at radius 1 is 1.40 bits per heavy atom. The minimum Gasteiger partial charge on any atom is -0.252 e. The highest BCUT2D eigenvalue weighted by Crippen LogP contribution is 2.32. The van der Waals surface area contributed by atoms with Gasteiger partial charge in [0.05, 0.1) is 21.0 Å². The Kier molecular flexibility index (Phi) is 3.17. The van der Waals surface area contributed by atoms with E-state index in [4.69, 9.17) is 16.9 Å². The molecule has 0 aliphatic heterocycles. The van der Waals surface area contributed by atoms with Gasteiger partial charge in [0.2, 0.25) is 0 Å². The van der Waals surface area contributed by atoms with Crippen LogP contribution in [0.2, 0.25) is 0 Å². The standard InChI is InChI=1S/C10H5ClN2S2/c11-10(9-5-13-6-15-9)7(4-12)8-2-1-3-14-8/h1-3,5-6H/b10-7-. The molecule has 0 aliphatic carbocycles. The van der Waals surface area contributed by atoms with Crippen LogP contribution in [0, 0.1) is 11.3 Å². The maximum absolute atomic E-state index is 9.07. The van der Waals surface area contributed by atoms with Gasteiger partial charge in [-0.1, -0.05) is 17.7 Å². The van der Waals surface area contributed by atoms with Crippen LogP contribution in [0.15, 0.2) is 29.2 Å². The third-order valence-corrected chi connectivity index (χ3v) is 3.93. The van der Waals surface area contributed by atoms with Crippen molar-refractivity contribution in [3.8, 4) is 6.07 Å². The Morgan fingerprint density at radius 2 is 2.27 bits per heavy atom. The number of nitriles is 1. The van der Waals surface area contributed by atoms with Gasteiger partial charge in [0.25, 0.3) is 0 Å². The molecule has 0 fully saturated rings. The number of halogens is 1. The minimum absolute atomic E-state index is 0.474. The molecule has 0 aliphatic rings. The van der Waals surface area contributed by atoms with Gasteiger partial charge < -0.3 is 0 Å². The molecule has 0 unspecified atom stereocenters.